The van der Waals surface area contributed by atoms with Crippen LogP contribution in [0.25, 0.3) is 122 Å². The number of furan rings is 2. The van der Waals surface area contributed by atoms with Crippen LogP contribution in [0.5, 0.6) is 0 Å². The van der Waals surface area contributed by atoms with Crippen molar-refractivity contribution >= 4 is 122 Å². The van der Waals surface area contributed by atoms with E-state index in [0.29, 0.717) is 61.2 Å². The fraction of sp³-hybridized carbons (Fsp3) is 0.0741. The number of fused-ring (bicyclic) bond motifs is 10. The minimum atomic E-state index is -5.28. The van der Waals surface area contributed by atoms with Crippen LogP contribution in [0.2, 0.25) is 10.4 Å². The number of benzene rings is 8. The van der Waals surface area contributed by atoms with Gasteiger partial charge in [-0.1, -0.05) is 60.7 Å². The molecule has 0 radical (unpaired) electrons. The molecule has 6 heterocycles. The second-order valence-corrected chi connectivity index (χ2v) is 18.8. The summed E-state index contributed by atoms with van der Waals surface area (Å²) < 4.78 is 193. The quantitative estimate of drug-likeness (QED) is 0.165. The zero-order valence-electron chi connectivity index (χ0n) is 37.5. The number of halogens is 14. The number of hydrogen-bond donors (Lipinski definition) is 0. The first-order chi connectivity index (χ1) is 36.1. The fourth-order valence-corrected chi connectivity index (χ4v) is 11.4. The van der Waals surface area contributed by atoms with Crippen LogP contribution in [-0.4, -0.2) is 27.9 Å². The SMILES string of the molecule is FC(F)(F)c1cc(C(F)(F)F)c2c(c1)nc1n(-c3c(Cl)oc4ccc(-c5ccc6c7c5cccc7n5c7cc(C(F)(F)F)cc(C(F)(F)F)c7nc5n6-c5c(Cl)oc6ccccc56)cc34)c3cccc4cccc(c43)n21. The minimum absolute atomic E-state index is 0.0203. The molecule has 6 aromatic heterocycles. The van der Waals surface area contributed by atoms with E-state index < -0.39 is 69.0 Å². The van der Waals surface area contributed by atoms with Crippen molar-refractivity contribution in [3.05, 3.63) is 166 Å². The van der Waals surface area contributed by atoms with E-state index >= 15 is 13.2 Å². The molecule has 0 aliphatic carbocycles. The average molecular weight is 1090 g/mol. The number of hydrogen-bond acceptors (Lipinski definition) is 4. The third-order valence-electron chi connectivity index (χ3n) is 13.9. The van der Waals surface area contributed by atoms with Crippen LogP contribution in [0.4, 0.5) is 52.7 Å². The summed E-state index contributed by atoms with van der Waals surface area (Å²) in [5, 5.41) is 1.87. The Labute approximate surface area is 423 Å². The van der Waals surface area contributed by atoms with Crippen molar-refractivity contribution in [2.75, 3.05) is 0 Å². The summed E-state index contributed by atoms with van der Waals surface area (Å²) in [6, 6.07) is 30.7. The molecule has 0 atom stereocenters. The van der Waals surface area contributed by atoms with Gasteiger partial charge in [0.1, 0.15) is 28.1 Å². The first kappa shape index (κ1) is 46.2. The van der Waals surface area contributed by atoms with Crippen molar-refractivity contribution in [1.82, 2.24) is 27.9 Å². The number of imidazole rings is 2. The second-order valence-electron chi connectivity index (χ2n) is 18.1. The molecule has 0 bridgehead atoms. The van der Waals surface area contributed by atoms with E-state index in [1.807, 2.05) is 0 Å². The van der Waals surface area contributed by atoms with Gasteiger partial charge in [-0.2, -0.15) is 52.7 Å². The van der Waals surface area contributed by atoms with Gasteiger partial charge in [0.2, 0.25) is 22.0 Å². The van der Waals surface area contributed by atoms with Crippen molar-refractivity contribution in [2.45, 2.75) is 24.7 Å². The molecule has 0 amide bonds. The Morgan fingerprint density at radius 1 is 0.434 bits per heavy atom. The summed E-state index contributed by atoms with van der Waals surface area (Å²) in [6.45, 7) is 0. The van der Waals surface area contributed by atoms with Gasteiger partial charge in [0, 0.05) is 21.5 Å². The molecule has 0 spiro atoms. The Morgan fingerprint density at radius 3 is 1.68 bits per heavy atom. The van der Waals surface area contributed by atoms with Crippen LogP contribution in [-0.2, 0) is 24.7 Å². The first-order valence-corrected chi connectivity index (χ1v) is 23.3. The maximum Gasteiger partial charge on any atom is 0.418 e. The van der Waals surface area contributed by atoms with E-state index in [0.717, 1.165) is 4.40 Å². The van der Waals surface area contributed by atoms with Crippen LogP contribution < -0.4 is 0 Å². The number of para-hydroxylation sites is 1. The molecule has 0 aliphatic heterocycles. The number of aromatic nitrogens is 6. The predicted octanol–water partition coefficient (Wildman–Crippen LogP) is 18.0. The Bertz CT molecular complexity index is 4870. The maximum absolute atomic E-state index is 15.0. The van der Waals surface area contributed by atoms with Crippen LogP contribution in [0.15, 0.2) is 142 Å². The van der Waals surface area contributed by atoms with Gasteiger partial charge in [0.05, 0.1) is 60.9 Å². The number of alkyl halides is 12. The molecule has 76 heavy (non-hydrogen) atoms. The summed E-state index contributed by atoms with van der Waals surface area (Å²) >= 11 is 13.9. The smallest absolute Gasteiger partial charge is 0.418 e. The molecular weight excluding hydrogens is 1060 g/mol. The van der Waals surface area contributed by atoms with Gasteiger partial charge in [0.15, 0.2) is 0 Å². The molecule has 14 aromatic rings. The molecule has 0 fully saturated rings. The van der Waals surface area contributed by atoms with E-state index in [1.165, 1.54) is 25.7 Å². The molecule has 0 saturated carbocycles. The molecule has 8 nitrogen and oxygen atoms in total. The highest BCUT2D eigenvalue weighted by molar-refractivity contribution is 6.33. The third-order valence-corrected chi connectivity index (χ3v) is 14.4. The van der Waals surface area contributed by atoms with Crippen molar-refractivity contribution in [1.29, 1.82) is 0 Å². The lowest BCUT2D eigenvalue weighted by Gasteiger charge is -2.19. The Balaban J connectivity index is 1.09. The molecule has 22 heteroatoms. The summed E-state index contributed by atoms with van der Waals surface area (Å²) in [5.74, 6) is -0.486. The van der Waals surface area contributed by atoms with E-state index in [1.54, 1.807) is 97.1 Å². The van der Waals surface area contributed by atoms with Crippen LogP contribution >= 0.6 is 23.2 Å². The van der Waals surface area contributed by atoms with Crippen molar-refractivity contribution in [3.8, 4) is 22.5 Å². The number of nitrogens with zero attached hydrogens (tertiary/aromatic N) is 6. The summed E-state index contributed by atoms with van der Waals surface area (Å²) in [6.07, 6.45) is -20.9. The van der Waals surface area contributed by atoms with Crippen LogP contribution in [0, 0.1) is 0 Å². The Hall–Kier alpha value is -8.36. The summed E-state index contributed by atoms with van der Waals surface area (Å²) in [5.41, 5.74) is -6.40. The van der Waals surface area contributed by atoms with E-state index in [4.69, 9.17) is 32.0 Å². The highest BCUT2D eigenvalue weighted by Gasteiger charge is 2.42. The zero-order valence-corrected chi connectivity index (χ0v) is 39.0. The van der Waals surface area contributed by atoms with Crippen molar-refractivity contribution < 1.29 is 61.5 Å². The molecule has 0 saturated heterocycles. The zero-order chi connectivity index (χ0) is 52.9. The predicted molar refractivity (Wildman–Crippen MR) is 263 cm³/mol. The molecule has 8 aromatic carbocycles. The van der Waals surface area contributed by atoms with Gasteiger partial charge >= 0.3 is 24.7 Å². The normalized spacial score (nSPS) is 13.4. The molecular formula is C54H22Cl2F12N6O2. The highest BCUT2D eigenvalue weighted by atomic mass is 35.5. The largest absolute Gasteiger partial charge is 0.442 e. The van der Waals surface area contributed by atoms with Crippen molar-refractivity contribution in [3.63, 3.8) is 0 Å². The number of rotatable bonds is 3. The standard InChI is InChI=1S/C54H22Cl2F12N6O2/c55-47-44(29-8-1-2-13-39(29)75-47)73-37-16-15-27(28-9-5-12-36(42(28)37)71-38-22-26(52(60,61)62)19-31(53(63,64)65)43(38)70-50(71)73)24-14-17-40-30(18-24)45(48(56)76-40)72-34-10-3-6-23-7-4-11-35(41(23)34)74-46-32(54(66,67)68)20-25(51(57,58)59)21-33(46)69-49(72)74/h1-22H. The fourth-order valence-electron chi connectivity index (χ4n) is 10.9. The lowest BCUT2D eigenvalue weighted by atomic mass is 9.95. The van der Waals surface area contributed by atoms with Gasteiger partial charge in [0.25, 0.3) is 0 Å². The molecule has 14 rings (SSSR count). The first-order valence-electron chi connectivity index (χ1n) is 22.6. The van der Waals surface area contributed by atoms with Gasteiger partial charge < -0.3 is 8.83 Å². The Kier molecular flexibility index (Phi) is 9.21. The third kappa shape index (κ3) is 6.42. The van der Waals surface area contributed by atoms with Crippen molar-refractivity contribution in [2.24, 2.45) is 0 Å². The van der Waals surface area contributed by atoms with Crippen LogP contribution in [0.1, 0.15) is 22.3 Å². The highest BCUT2D eigenvalue weighted by Crippen LogP contribution is 2.48. The topological polar surface area (TPSA) is 70.7 Å². The molecule has 0 aliphatic rings. The van der Waals surface area contributed by atoms with E-state index in [-0.39, 0.29) is 73.1 Å². The minimum Gasteiger partial charge on any atom is -0.442 e. The lowest BCUT2D eigenvalue weighted by Crippen LogP contribution is -2.12. The van der Waals surface area contributed by atoms with Gasteiger partial charge in [-0.3, -0.25) is 17.9 Å². The van der Waals surface area contributed by atoms with Crippen LogP contribution in [0.3, 0.4) is 0 Å². The summed E-state index contributed by atoms with van der Waals surface area (Å²) in [4.78, 5) is 8.93. The monoisotopic (exact) mass is 1080 g/mol. The average Bonchev–Trinajstić information content (AvgIpc) is 4.32. The van der Waals surface area contributed by atoms with E-state index in [2.05, 4.69) is 9.97 Å². The summed E-state index contributed by atoms with van der Waals surface area (Å²) in [7, 11) is 0. The maximum atomic E-state index is 15.0. The lowest BCUT2D eigenvalue weighted by molar-refractivity contribution is -0.143. The van der Waals surface area contributed by atoms with E-state index in [9.17, 15) is 39.5 Å². The Morgan fingerprint density at radius 2 is 1.00 bits per heavy atom. The van der Waals surface area contributed by atoms with Gasteiger partial charge in [-0.15, -0.1) is 0 Å². The molecule has 378 valence electrons. The van der Waals surface area contributed by atoms with Gasteiger partial charge in [-0.05, 0) is 118 Å². The second kappa shape index (κ2) is 15.2. The van der Waals surface area contributed by atoms with Gasteiger partial charge in [-0.25, -0.2) is 9.97 Å². The molecule has 0 N–H and O–H groups in total. The molecule has 0 unspecified atom stereocenters.